The molecular formula is C16H20N2O3. The monoisotopic (exact) mass is 288 g/mol. The number of carboxylic acid groups (broad SMARTS) is 1. The molecule has 1 aromatic heterocycles. The third-order valence-corrected chi connectivity index (χ3v) is 3.45. The number of imidazole rings is 1. The number of hydrogen-bond acceptors (Lipinski definition) is 2. The Bertz CT molecular complexity index is 683. The van der Waals surface area contributed by atoms with Crippen LogP contribution in [0.15, 0.2) is 41.5 Å². The van der Waals surface area contributed by atoms with Gasteiger partial charge in [0, 0.05) is 24.9 Å². The quantitative estimate of drug-likeness (QED) is 0.888. The highest BCUT2D eigenvalue weighted by Crippen LogP contribution is 2.16. The first-order chi connectivity index (χ1) is 10.0. The van der Waals surface area contributed by atoms with Gasteiger partial charge in [0.15, 0.2) is 0 Å². The smallest absolute Gasteiger partial charge is 0.332 e. The third-order valence-electron chi connectivity index (χ3n) is 3.45. The molecule has 1 aromatic carbocycles. The topological polar surface area (TPSA) is 64.2 Å². The molecule has 0 aliphatic heterocycles. The maximum absolute atomic E-state index is 12.4. The number of aryl methyl sites for hydroxylation is 1. The van der Waals surface area contributed by atoms with Crippen molar-refractivity contribution < 1.29 is 9.90 Å². The molecule has 0 unspecified atom stereocenters. The molecule has 5 nitrogen and oxygen atoms in total. The SMILES string of the molecule is CC(C)n1ccn(-c2ccccc2CCCC(=O)O)c1=O. The van der Waals surface area contributed by atoms with Gasteiger partial charge in [0.2, 0.25) is 0 Å². The van der Waals surface area contributed by atoms with Crippen molar-refractivity contribution in [3.05, 3.63) is 52.7 Å². The highest BCUT2D eigenvalue weighted by Gasteiger charge is 2.11. The molecule has 112 valence electrons. The number of benzene rings is 1. The van der Waals surface area contributed by atoms with E-state index in [4.69, 9.17) is 5.11 Å². The Labute approximate surface area is 123 Å². The van der Waals surface area contributed by atoms with Crippen molar-refractivity contribution in [1.29, 1.82) is 0 Å². The Morgan fingerprint density at radius 3 is 2.57 bits per heavy atom. The van der Waals surface area contributed by atoms with Crippen LogP contribution >= 0.6 is 0 Å². The van der Waals surface area contributed by atoms with E-state index in [9.17, 15) is 9.59 Å². The minimum atomic E-state index is -0.796. The highest BCUT2D eigenvalue weighted by molar-refractivity contribution is 5.66. The van der Waals surface area contributed by atoms with Crippen LogP contribution in [0.5, 0.6) is 0 Å². The molecule has 0 spiro atoms. The zero-order valence-corrected chi connectivity index (χ0v) is 12.3. The normalized spacial score (nSPS) is 11.0. The van der Waals surface area contributed by atoms with Crippen LogP contribution in [0.2, 0.25) is 0 Å². The number of hydrogen-bond donors (Lipinski definition) is 1. The molecule has 0 amide bonds. The molecule has 21 heavy (non-hydrogen) atoms. The number of rotatable bonds is 6. The summed E-state index contributed by atoms with van der Waals surface area (Å²) < 4.78 is 3.30. The lowest BCUT2D eigenvalue weighted by molar-refractivity contribution is -0.137. The van der Waals surface area contributed by atoms with Crippen LogP contribution < -0.4 is 5.69 Å². The molecule has 0 atom stereocenters. The van der Waals surface area contributed by atoms with E-state index in [1.165, 1.54) is 0 Å². The number of carboxylic acids is 1. The van der Waals surface area contributed by atoms with Crippen LogP contribution in [-0.2, 0) is 11.2 Å². The lowest BCUT2D eigenvalue weighted by Crippen LogP contribution is -2.24. The lowest BCUT2D eigenvalue weighted by atomic mass is 10.1. The van der Waals surface area contributed by atoms with Gasteiger partial charge in [-0.15, -0.1) is 0 Å². The average Bonchev–Trinajstić information content (AvgIpc) is 2.81. The van der Waals surface area contributed by atoms with E-state index in [0.29, 0.717) is 12.8 Å². The van der Waals surface area contributed by atoms with Crippen molar-refractivity contribution >= 4 is 5.97 Å². The van der Waals surface area contributed by atoms with E-state index in [1.54, 1.807) is 21.5 Å². The second kappa shape index (κ2) is 6.43. The molecule has 0 bridgehead atoms. The van der Waals surface area contributed by atoms with E-state index < -0.39 is 5.97 Å². The summed E-state index contributed by atoms with van der Waals surface area (Å²) in [5.74, 6) is -0.796. The third kappa shape index (κ3) is 3.42. The first-order valence-corrected chi connectivity index (χ1v) is 7.10. The van der Waals surface area contributed by atoms with E-state index in [1.807, 2.05) is 38.1 Å². The van der Waals surface area contributed by atoms with Gasteiger partial charge in [0.1, 0.15) is 0 Å². The number of carbonyl (C=O) groups is 1. The van der Waals surface area contributed by atoms with E-state index in [2.05, 4.69) is 0 Å². The van der Waals surface area contributed by atoms with Crippen molar-refractivity contribution in [1.82, 2.24) is 9.13 Å². The van der Waals surface area contributed by atoms with Crippen LogP contribution in [-0.4, -0.2) is 20.2 Å². The number of aromatic nitrogens is 2. The Balaban J connectivity index is 2.32. The van der Waals surface area contributed by atoms with Crippen molar-refractivity contribution in [2.24, 2.45) is 0 Å². The van der Waals surface area contributed by atoms with E-state index in [0.717, 1.165) is 11.3 Å². The summed E-state index contributed by atoms with van der Waals surface area (Å²) in [6.45, 7) is 3.93. The summed E-state index contributed by atoms with van der Waals surface area (Å²) >= 11 is 0. The fraction of sp³-hybridized carbons (Fsp3) is 0.375. The predicted molar refractivity (Wildman–Crippen MR) is 81.0 cm³/mol. The Hall–Kier alpha value is -2.30. The number of para-hydroxylation sites is 1. The van der Waals surface area contributed by atoms with Crippen LogP contribution in [0.4, 0.5) is 0 Å². The fourth-order valence-electron chi connectivity index (χ4n) is 2.35. The molecule has 1 heterocycles. The van der Waals surface area contributed by atoms with Gasteiger partial charge in [-0.05, 0) is 38.3 Å². The number of nitrogens with zero attached hydrogens (tertiary/aromatic N) is 2. The van der Waals surface area contributed by atoms with Crippen molar-refractivity contribution in [3.8, 4) is 5.69 Å². The molecule has 0 fully saturated rings. The summed E-state index contributed by atoms with van der Waals surface area (Å²) in [6.07, 6.45) is 4.88. The molecule has 1 N–H and O–H groups in total. The number of aliphatic carboxylic acids is 1. The summed E-state index contributed by atoms with van der Waals surface area (Å²) in [5.41, 5.74) is 1.74. The lowest BCUT2D eigenvalue weighted by Gasteiger charge is -2.10. The minimum Gasteiger partial charge on any atom is -0.481 e. The first-order valence-electron chi connectivity index (χ1n) is 7.10. The molecule has 2 aromatic rings. The van der Waals surface area contributed by atoms with Gasteiger partial charge >= 0.3 is 11.7 Å². The molecule has 0 saturated carbocycles. The summed E-state index contributed by atoms with van der Waals surface area (Å²) in [7, 11) is 0. The van der Waals surface area contributed by atoms with Crippen LogP contribution in [0, 0.1) is 0 Å². The second-order valence-corrected chi connectivity index (χ2v) is 5.33. The van der Waals surface area contributed by atoms with Crippen molar-refractivity contribution in [2.45, 2.75) is 39.2 Å². The van der Waals surface area contributed by atoms with Crippen LogP contribution in [0.3, 0.4) is 0 Å². The highest BCUT2D eigenvalue weighted by atomic mass is 16.4. The molecular weight excluding hydrogens is 268 g/mol. The minimum absolute atomic E-state index is 0.0734. The second-order valence-electron chi connectivity index (χ2n) is 5.33. The van der Waals surface area contributed by atoms with Gasteiger partial charge in [-0.2, -0.15) is 0 Å². The standard InChI is InChI=1S/C16H20N2O3/c1-12(2)17-10-11-18(16(17)21)14-8-4-3-6-13(14)7-5-9-15(19)20/h3-4,6,8,10-12H,5,7,9H2,1-2H3,(H,19,20). The Morgan fingerprint density at radius 1 is 1.24 bits per heavy atom. The predicted octanol–water partition coefficient (Wildman–Crippen LogP) is 2.63. The molecule has 0 radical (unpaired) electrons. The average molecular weight is 288 g/mol. The summed E-state index contributed by atoms with van der Waals surface area (Å²) in [6, 6.07) is 7.73. The summed E-state index contributed by atoms with van der Waals surface area (Å²) in [5, 5.41) is 8.73. The van der Waals surface area contributed by atoms with Crippen molar-refractivity contribution in [2.75, 3.05) is 0 Å². The van der Waals surface area contributed by atoms with E-state index in [-0.39, 0.29) is 18.2 Å². The van der Waals surface area contributed by atoms with Gasteiger partial charge in [-0.25, -0.2) is 4.79 Å². The molecule has 0 aliphatic carbocycles. The van der Waals surface area contributed by atoms with Gasteiger partial charge in [0.25, 0.3) is 0 Å². The van der Waals surface area contributed by atoms with E-state index >= 15 is 0 Å². The maximum Gasteiger partial charge on any atom is 0.332 e. The molecule has 0 saturated heterocycles. The zero-order valence-electron chi connectivity index (χ0n) is 12.3. The van der Waals surface area contributed by atoms with Crippen molar-refractivity contribution in [3.63, 3.8) is 0 Å². The molecule has 0 aliphatic rings. The fourth-order valence-corrected chi connectivity index (χ4v) is 2.35. The first kappa shape index (κ1) is 15.1. The van der Waals surface area contributed by atoms with Gasteiger partial charge in [-0.1, -0.05) is 18.2 Å². The van der Waals surface area contributed by atoms with Gasteiger partial charge in [-0.3, -0.25) is 13.9 Å². The molecule has 5 heteroatoms. The molecule has 2 rings (SSSR count). The Kier molecular flexibility index (Phi) is 4.62. The maximum atomic E-state index is 12.4. The van der Waals surface area contributed by atoms with Gasteiger partial charge in [0.05, 0.1) is 5.69 Å². The van der Waals surface area contributed by atoms with Gasteiger partial charge < -0.3 is 5.11 Å². The largest absolute Gasteiger partial charge is 0.481 e. The van der Waals surface area contributed by atoms with Crippen LogP contribution in [0.25, 0.3) is 5.69 Å². The van der Waals surface area contributed by atoms with Crippen LogP contribution in [0.1, 0.15) is 38.3 Å². The summed E-state index contributed by atoms with van der Waals surface area (Å²) in [4.78, 5) is 23.0. The zero-order chi connectivity index (χ0) is 15.4. The Morgan fingerprint density at radius 2 is 1.95 bits per heavy atom.